The number of ether oxygens (including phenoxy) is 1. The van der Waals surface area contributed by atoms with Crippen LogP contribution in [0.1, 0.15) is 50.8 Å². The number of hydrogen-bond donors (Lipinski definition) is 0. The van der Waals surface area contributed by atoms with Crippen LogP contribution in [0, 0.1) is 5.92 Å². The van der Waals surface area contributed by atoms with Gasteiger partial charge in [-0.1, -0.05) is 13.0 Å². The van der Waals surface area contributed by atoms with E-state index >= 15 is 0 Å². The second-order valence-electron chi connectivity index (χ2n) is 6.93. The zero-order chi connectivity index (χ0) is 19.6. The molecule has 0 saturated carbocycles. The van der Waals surface area contributed by atoms with Gasteiger partial charge in [0.2, 0.25) is 0 Å². The first-order valence-electron chi connectivity index (χ1n) is 8.98. The summed E-state index contributed by atoms with van der Waals surface area (Å²) in [5.74, 6) is -1.36. The van der Waals surface area contributed by atoms with Crippen LogP contribution >= 0.6 is 0 Å². The lowest BCUT2D eigenvalue weighted by molar-refractivity contribution is -0.136. The molecule has 3 amide bonds. The summed E-state index contributed by atoms with van der Waals surface area (Å²) < 4.78 is 5.12. The molecule has 0 radical (unpaired) electrons. The fourth-order valence-corrected chi connectivity index (χ4v) is 3.43. The smallest absolute Gasteiger partial charge is 0.338 e. The van der Waals surface area contributed by atoms with Crippen LogP contribution in [0.15, 0.2) is 30.9 Å². The number of likely N-dealkylation sites (tertiary alicyclic amines) is 1. The van der Waals surface area contributed by atoms with Crippen molar-refractivity contribution in [2.75, 3.05) is 26.2 Å². The molecule has 0 spiro atoms. The summed E-state index contributed by atoms with van der Waals surface area (Å²) in [5, 5.41) is 0. The number of esters is 1. The van der Waals surface area contributed by atoms with E-state index in [9.17, 15) is 19.2 Å². The van der Waals surface area contributed by atoms with Gasteiger partial charge in [-0.05, 0) is 37.0 Å². The number of nitrogens with zero attached hydrogens (tertiary/aromatic N) is 2. The molecule has 1 fully saturated rings. The molecule has 0 N–H and O–H groups in total. The number of piperidine rings is 1. The van der Waals surface area contributed by atoms with Crippen molar-refractivity contribution in [3.8, 4) is 0 Å². The molecule has 7 heteroatoms. The highest BCUT2D eigenvalue weighted by Gasteiger charge is 2.35. The molecule has 0 aliphatic carbocycles. The zero-order valence-corrected chi connectivity index (χ0v) is 15.3. The standard InChI is InChI=1S/C20H22N2O5/c1-3-8-22-18(24)15-7-6-14(10-16(15)19(22)25)20(26)27-12-17(23)21-9-4-5-13(2)11-21/h3,6-7,10,13H,1,4-5,8-9,11-12H2,2H3/t13-/m0/s1. The van der Waals surface area contributed by atoms with E-state index in [0.717, 1.165) is 17.7 Å². The first kappa shape index (κ1) is 18.8. The van der Waals surface area contributed by atoms with Gasteiger partial charge in [0.1, 0.15) is 0 Å². The Hall–Kier alpha value is -2.96. The first-order valence-corrected chi connectivity index (χ1v) is 8.98. The minimum absolute atomic E-state index is 0.106. The molecule has 0 unspecified atom stereocenters. The van der Waals surface area contributed by atoms with E-state index in [2.05, 4.69) is 13.5 Å². The van der Waals surface area contributed by atoms with Gasteiger partial charge in [-0.25, -0.2) is 4.79 Å². The lowest BCUT2D eigenvalue weighted by atomic mass is 10.0. The number of rotatable bonds is 5. The third-order valence-electron chi connectivity index (χ3n) is 4.85. The van der Waals surface area contributed by atoms with Gasteiger partial charge in [0.15, 0.2) is 6.61 Å². The molecule has 1 atom stereocenters. The van der Waals surface area contributed by atoms with Gasteiger partial charge < -0.3 is 9.64 Å². The predicted octanol–water partition coefficient (Wildman–Crippen LogP) is 1.88. The van der Waals surface area contributed by atoms with Gasteiger partial charge in [0.25, 0.3) is 17.7 Å². The summed E-state index contributed by atoms with van der Waals surface area (Å²) in [6, 6.07) is 4.20. The van der Waals surface area contributed by atoms with Gasteiger partial charge >= 0.3 is 5.97 Å². The predicted molar refractivity (Wildman–Crippen MR) is 97.3 cm³/mol. The molecule has 2 aliphatic rings. The Morgan fingerprint density at radius 1 is 1.26 bits per heavy atom. The Balaban J connectivity index is 1.65. The number of benzene rings is 1. The Morgan fingerprint density at radius 3 is 2.70 bits per heavy atom. The average molecular weight is 370 g/mol. The monoisotopic (exact) mass is 370 g/mol. The quantitative estimate of drug-likeness (QED) is 0.449. The van der Waals surface area contributed by atoms with E-state index in [4.69, 9.17) is 4.74 Å². The number of carbonyl (C=O) groups excluding carboxylic acids is 4. The van der Waals surface area contributed by atoms with Crippen molar-refractivity contribution in [1.82, 2.24) is 9.80 Å². The topological polar surface area (TPSA) is 84.0 Å². The number of amides is 3. The first-order chi connectivity index (χ1) is 12.9. The van der Waals surface area contributed by atoms with Crippen molar-refractivity contribution in [3.63, 3.8) is 0 Å². The summed E-state index contributed by atoms with van der Waals surface area (Å²) in [7, 11) is 0. The van der Waals surface area contributed by atoms with E-state index in [1.807, 2.05) is 0 Å². The Bertz CT molecular complexity index is 817. The Labute approximate surface area is 157 Å². The molecule has 2 aliphatic heterocycles. The highest BCUT2D eigenvalue weighted by Crippen LogP contribution is 2.24. The maximum Gasteiger partial charge on any atom is 0.338 e. The summed E-state index contributed by atoms with van der Waals surface area (Å²) in [4.78, 5) is 51.8. The number of imide groups is 1. The molecular weight excluding hydrogens is 348 g/mol. The number of fused-ring (bicyclic) bond motifs is 1. The molecule has 0 bridgehead atoms. The van der Waals surface area contributed by atoms with E-state index in [-0.39, 0.29) is 35.7 Å². The summed E-state index contributed by atoms with van der Waals surface area (Å²) in [6.45, 7) is 6.74. The molecular formula is C20H22N2O5. The van der Waals surface area contributed by atoms with E-state index in [1.165, 1.54) is 24.3 Å². The third-order valence-corrected chi connectivity index (χ3v) is 4.85. The number of hydrogen-bond acceptors (Lipinski definition) is 5. The molecule has 1 aromatic carbocycles. The third kappa shape index (κ3) is 3.77. The summed E-state index contributed by atoms with van der Waals surface area (Å²) in [6.07, 6.45) is 3.50. The maximum atomic E-state index is 12.3. The van der Waals surface area contributed by atoms with Crippen LogP contribution in [0.3, 0.4) is 0 Å². The van der Waals surface area contributed by atoms with Gasteiger partial charge in [-0.2, -0.15) is 0 Å². The van der Waals surface area contributed by atoms with E-state index in [0.29, 0.717) is 19.0 Å². The van der Waals surface area contributed by atoms with Crippen LogP contribution in [0.5, 0.6) is 0 Å². The van der Waals surface area contributed by atoms with E-state index in [1.54, 1.807) is 4.90 Å². The van der Waals surface area contributed by atoms with Gasteiger partial charge in [-0.15, -0.1) is 6.58 Å². The lowest BCUT2D eigenvalue weighted by Gasteiger charge is -2.30. The van der Waals surface area contributed by atoms with Crippen molar-refractivity contribution < 1.29 is 23.9 Å². The van der Waals surface area contributed by atoms with E-state index < -0.39 is 17.8 Å². The van der Waals surface area contributed by atoms with Crippen LogP contribution in [0.25, 0.3) is 0 Å². The SMILES string of the molecule is C=CCN1C(=O)c2ccc(C(=O)OCC(=O)N3CCC[C@H](C)C3)cc2C1=O. The van der Waals surface area contributed by atoms with Crippen LogP contribution in [0.4, 0.5) is 0 Å². The largest absolute Gasteiger partial charge is 0.452 e. The normalized spacial score (nSPS) is 19.1. The fourth-order valence-electron chi connectivity index (χ4n) is 3.43. The molecule has 2 heterocycles. The molecule has 142 valence electrons. The summed E-state index contributed by atoms with van der Waals surface area (Å²) >= 11 is 0. The van der Waals surface area contributed by atoms with Gasteiger partial charge in [0, 0.05) is 19.6 Å². The summed E-state index contributed by atoms with van der Waals surface area (Å²) in [5.41, 5.74) is 0.541. The second kappa shape index (κ2) is 7.73. The molecule has 3 rings (SSSR count). The minimum atomic E-state index is -0.696. The van der Waals surface area contributed by atoms with Crippen LogP contribution in [0.2, 0.25) is 0 Å². The lowest BCUT2D eigenvalue weighted by Crippen LogP contribution is -2.41. The van der Waals surface area contributed by atoms with Crippen molar-refractivity contribution in [3.05, 3.63) is 47.5 Å². The molecule has 27 heavy (non-hydrogen) atoms. The van der Waals surface area contributed by atoms with Crippen LogP contribution in [-0.4, -0.2) is 59.7 Å². The fraction of sp³-hybridized carbons (Fsp3) is 0.400. The number of carbonyl (C=O) groups is 4. The van der Waals surface area contributed by atoms with Gasteiger partial charge in [-0.3, -0.25) is 19.3 Å². The van der Waals surface area contributed by atoms with Crippen molar-refractivity contribution in [2.45, 2.75) is 19.8 Å². The van der Waals surface area contributed by atoms with Crippen molar-refractivity contribution >= 4 is 23.7 Å². The molecule has 0 aromatic heterocycles. The van der Waals surface area contributed by atoms with Crippen molar-refractivity contribution in [1.29, 1.82) is 0 Å². The highest BCUT2D eigenvalue weighted by molar-refractivity contribution is 6.22. The Kier molecular flexibility index (Phi) is 5.39. The molecule has 1 aromatic rings. The van der Waals surface area contributed by atoms with Crippen LogP contribution < -0.4 is 0 Å². The average Bonchev–Trinajstić information content (AvgIpc) is 2.90. The molecule has 7 nitrogen and oxygen atoms in total. The second-order valence-corrected chi connectivity index (χ2v) is 6.93. The maximum absolute atomic E-state index is 12.3. The van der Waals surface area contributed by atoms with Gasteiger partial charge in [0.05, 0.1) is 16.7 Å². The zero-order valence-electron chi connectivity index (χ0n) is 15.3. The van der Waals surface area contributed by atoms with Crippen LogP contribution in [-0.2, 0) is 9.53 Å². The molecule has 1 saturated heterocycles. The minimum Gasteiger partial charge on any atom is -0.452 e. The Morgan fingerprint density at radius 2 is 2.00 bits per heavy atom. The van der Waals surface area contributed by atoms with Crippen molar-refractivity contribution in [2.24, 2.45) is 5.92 Å². The highest BCUT2D eigenvalue weighted by atomic mass is 16.5.